The van der Waals surface area contributed by atoms with Gasteiger partial charge in [-0.25, -0.2) is 0 Å². The fraction of sp³-hybridized carbons (Fsp3) is 0.500. The summed E-state index contributed by atoms with van der Waals surface area (Å²) in [5.41, 5.74) is 6.88. The average molecular weight is 303 g/mol. The van der Waals surface area contributed by atoms with Crippen LogP contribution in [0.4, 0.5) is 0 Å². The number of amides is 1. The molecule has 3 nitrogen and oxygen atoms in total. The SMILES string of the molecule is Cl.NC1CCC(C(=O)NCCc2ccccc2Cl)C1. The Morgan fingerprint density at radius 3 is 2.74 bits per heavy atom. The third kappa shape index (κ3) is 4.68. The molecule has 2 rings (SSSR count). The zero-order chi connectivity index (χ0) is 13.0. The largest absolute Gasteiger partial charge is 0.356 e. The van der Waals surface area contributed by atoms with Crippen LogP contribution in [0.1, 0.15) is 24.8 Å². The predicted octanol–water partition coefficient (Wildman–Crippen LogP) is 2.55. The van der Waals surface area contributed by atoms with Crippen molar-refractivity contribution in [1.82, 2.24) is 5.32 Å². The summed E-state index contributed by atoms with van der Waals surface area (Å²) in [7, 11) is 0. The van der Waals surface area contributed by atoms with E-state index in [4.69, 9.17) is 17.3 Å². The summed E-state index contributed by atoms with van der Waals surface area (Å²) >= 11 is 6.06. The highest BCUT2D eigenvalue weighted by Crippen LogP contribution is 2.24. The number of benzene rings is 1. The Hall–Kier alpha value is -0.770. The zero-order valence-electron chi connectivity index (χ0n) is 10.8. The monoisotopic (exact) mass is 302 g/mol. The van der Waals surface area contributed by atoms with Crippen molar-refractivity contribution in [2.24, 2.45) is 11.7 Å². The Bertz CT molecular complexity index is 426. The number of rotatable bonds is 4. The van der Waals surface area contributed by atoms with Crippen LogP contribution in [0.25, 0.3) is 0 Å². The van der Waals surface area contributed by atoms with Gasteiger partial charge in [-0.2, -0.15) is 0 Å². The smallest absolute Gasteiger partial charge is 0.223 e. The summed E-state index contributed by atoms with van der Waals surface area (Å²) in [5, 5.41) is 3.73. The van der Waals surface area contributed by atoms with Crippen LogP contribution >= 0.6 is 24.0 Å². The lowest BCUT2D eigenvalue weighted by Gasteiger charge is -2.11. The van der Waals surface area contributed by atoms with E-state index in [0.29, 0.717) is 6.54 Å². The molecule has 19 heavy (non-hydrogen) atoms. The van der Waals surface area contributed by atoms with Crippen LogP contribution in [0, 0.1) is 5.92 Å². The van der Waals surface area contributed by atoms with Crippen molar-refractivity contribution in [3.05, 3.63) is 34.9 Å². The Morgan fingerprint density at radius 2 is 2.11 bits per heavy atom. The average Bonchev–Trinajstić information content (AvgIpc) is 2.78. The Kier molecular flexibility index (Phi) is 6.63. The van der Waals surface area contributed by atoms with Crippen LogP contribution in [-0.4, -0.2) is 18.5 Å². The highest BCUT2D eigenvalue weighted by molar-refractivity contribution is 6.31. The van der Waals surface area contributed by atoms with Gasteiger partial charge in [-0.05, 0) is 37.3 Å². The van der Waals surface area contributed by atoms with Gasteiger partial charge < -0.3 is 11.1 Å². The van der Waals surface area contributed by atoms with E-state index in [9.17, 15) is 4.79 Å². The van der Waals surface area contributed by atoms with Gasteiger partial charge in [0.15, 0.2) is 0 Å². The van der Waals surface area contributed by atoms with Crippen molar-refractivity contribution < 1.29 is 4.79 Å². The number of hydrogen-bond acceptors (Lipinski definition) is 2. The van der Waals surface area contributed by atoms with Crippen molar-refractivity contribution in [1.29, 1.82) is 0 Å². The first kappa shape index (κ1) is 16.3. The maximum absolute atomic E-state index is 11.9. The predicted molar refractivity (Wildman–Crippen MR) is 80.7 cm³/mol. The molecule has 106 valence electrons. The van der Waals surface area contributed by atoms with Crippen LogP contribution in [0.5, 0.6) is 0 Å². The van der Waals surface area contributed by atoms with E-state index in [2.05, 4.69) is 5.32 Å². The van der Waals surface area contributed by atoms with Crippen molar-refractivity contribution in [2.75, 3.05) is 6.54 Å². The van der Waals surface area contributed by atoms with Gasteiger partial charge >= 0.3 is 0 Å². The molecule has 0 saturated heterocycles. The molecule has 3 N–H and O–H groups in total. The third-order valence-electron chi connectivity index (χ3n) is 3.50. The minimum absolute atomic E-state index is 0. The molecule has 5 heteroatoms. The Labute approximate surface area is 125 Å². The van der Waals surface area contributed by atoms with Gasteiger partial charge in [0.1, 0.15) is 0 Å². The van der Waals surface area contributed by atoms with E-state index in [1.807, 2.05) is 24.3 Å². The Morgan fingerprint density at radius 1 is 1.37 bits per heavy atom. The quantitative estimate of drug-likeness (QED) is 0.898. The maximum Gasteiger partial charge on any atom is 0.223 e. The Balaban J connectivity index is 0.00000180. The van der Waals surface area contributed by atoms with Crippen molar-refractivity contribution >= 4 is 29.9 Å². The molecule has 1 aliphatic carbocycles. The van der Waals surface area contributed by atoms with E-state index in [1.165, 1.54) is 0 Å². The molecule has 1 aromatic rings. The molecule has 2 atom stereocenters. The van der Waals surface area contributed by atoms with E-state index >= 15 is 0 Å². The minimum Gasteiger partial charge on any atom is -0.356 e. The lowest BCUT2D eigenvalue weighted by atomic mass is 10.1. The van der Waals surface area contributed by atoms with Crippen LogP contribution in [-0.2, 0) is 11.2 Å². The first-order valence-electron chi connectivity index (χ1n) is 6.43. The van der Waals surface area contributed by atoms with Crippen LogP contribution in [0.3, 0.4) is 0 Å². The second-order valence-electron chi connectivity index (χ2n) is 4.90. The van der Waals surface area contributed by atoms with E-state index in [1.54, 1.807) is 0 Å². The summed E-state index contributed by atoms with van der Waals surface area (Å²) in [4.78, 5) is 11.9. The van der Waals surface area contributed by atoms with Gasteiger partial charge in [0, 0.05) is 23.5 Å². The molecule has 0 radical (unpaired) electrons. The molecule has 0 spiro atoms. The molecule has 0 aliphatic heterocycles. The van der Waals surface area contributed by atoms with Crippen LogP contribution in [0.15, 0.2) is 24.3 Å². The van der Waals surface area contributed by atoms with Gasteiger partial charge in [-0.3, -0.25) is 4.79 Å². The lowest BCUT2D eigenvalue weighted by molar-refractivity contribution is -0.124. The molecular formula is C14H20Cl2N2O. The number of halogens is 2. The number of carbonyl (C=O) groups excluding carboxylic acids is 1. The highest BCUT2D eigenvalue weighted by Gasteiger charge is 2.27. The summed E-state index contributed by atoms with van der Waals surface area (Å²) in [6, 6.07) is 7.92. The second kappa shape index (κ2) is 7.73. The molecule has 2 unspecified atom stereocenters. The standard InChI is InChI=1S/C14H19ClN2O.ClH/c15-13-4-2-1-3-10(13)7-8-17-14(18)11-5-6-12(16)9-11;/h1-4,11-12H,5-9,16H2,(H,17,18);1H. The van der Waals surface area contributed by atoms with Gasteiger partial charge in [-0.15, -0.1) is 12.4 Å². The summed E-state index contributed by atoms with van der Waals surface area (Å²) in [5.74, 6) is 0.237. The number of carbonyl (C=O) groups is 1. The van der Waals surface area contributed by atoms with Gasteiger partial charge in [0.05, 0.1) is 0 Å². The maximum atomic E-state index is 11.9. The van der Waals surface area contributed by atoms with Crippen LogP contribution < -0.4 is 11.1 Å². The van der Waals surface area contributed by atoms with Gasteiger partial charge in [0.25, 0.3) is 0 Å². The number of nitrogens with two attached hydrogens (primary N) is 1. The van der Waals surface area contributed by atoms with Gasteiger partial charge in [0.2, 0.25) is 5.91 Å². The normalized spacial score (nSPS) is 21.8. The molecular weight excluding hydrogens is 283 g/mol. The summed E-state index contributed by atoms with van der Waals surface area (Å²) in [6.07, 6.45) is 3.46. The summed E-state index contributed by atoms with van der Waals surface area (Å²) < 4.78 is 0. The molecule has 1 amide bonds. The topological polar surface area (TPSA) is 55.1 Å². The molecule has 0 heterocycles. The van der Waals surface area contributed by atoms with Crippen LogP contribution in [0.2, 0.25) is 5.02 Å². The van der Waals surface area contributed by atoms with Crippen molar-refractivity contribution in [2.45, 2.75) is 31.7 Å². The van der Waals surface area contributed by atoms with E-state index in [0.717, 1.165) is 36.3 Å². The molecule has 1 saturated carbocycles. The second-order valence-corrected chi connectivity index (χ2v) is 5.31. The third-order valence-corrected chi connectivity index (χ3v) is 3.86. The molecule has 1 fully saturated rings. The fourth-order valence-corrected chi connectivity index (χ4v) is 2.65. The minimum atomic E-state index is 0. The van der Waals surface area contributed by atoms with E-state index in [-0.39, 0.29) is 30.3 Å². The lowest BCUT2D eigenvalue weighted by Crippen LogP contribution is -2.31. The summed E-state index contributed by atoms with van der Waals surface area (Å²) in [6.45, 7) is 0.633. The highest BCUT2D eigenvalue weighted by atomic mass is 35.5. The van der Waals surface area contributed by atoms with Crippen molar-refractivity contribution in [3.63, 3.8) is 0 Å². The zero-order valence-corrected chi connectivity index (χ0v) is 12.3. The fourth-order valence-electron chi connectivity index (χ4n) is 2.42. The molecule has 1 aromatic carbocycles. The molecule has 0 bridgehead atoms. The van der Waals surface area contributed by atoms with Crippen molar-refractivity contribution in [3.8, 4) is 0 Å². The first-order valence-corrected chi connectivity index (χ1v) is 6.81. The number of nitrogens with one attached hydrogen (secondary N) is 1. The van der Waals surface area contributed by atoms with Gasteiger partial charge in [-0.1, -0.05) is 29.8 Å². The first-order chi connectivity index (χ1) is 8.66. The molecule has 0 aromatic heterocycles. The number of hydrogen-bond donors (Lipinski definition) is 2. The molecule has 1 aliphatic rings. The van der Waals surface area contributed by atoms with E-state index < -0.39 is 0 Å².